The Kier molecular flexibility index (Phi) is 2.18. The van der Waals surface area contributed by atoms with Crippen LogP contribution in [-0.2, 0) is 6.42 Å². The van der Waals surface area contributed by atoms with E-state index in [4.69, 9.17) is 8.83 Å². The van der Waals surface area contributed by atoms with Gasteiger partial charge in [-0.3, -0.25) is 0 Å². The molecule has 0 fully saturated rings. The fourth-order valence-corrected chi connectivity index (χ4v) is 2.12. The van der Waals surface area contributed by atoms with E-state index in [9.17, 15) is 0 Å². The summed E-state index contributed by atoms with van der Waals surface area (Å²) in [7, 11) is 1.95. The summed E-state index contributed by atoms with van der Waals surface area (Å²) < 4.78 is 11.0. The van der Waals surface area contributed by atoms with Gasteiger partial charge >= 0.3 is 0 Å². The van der Waals surface area contributed by atoms with Crippen LogP contribution < -0.4 is 5.32 Å². The molecular formula is C13H13NO2. The highest BCUT2D eigenvalue weighted by Crippen LogP contribution is 2.30. The second-order valence-corrected chi connectivity index (χ2v) is 3.88. The fourth-order valence-electron chi connectivity index (χ4n) is 2.12. The summed E-state index contributed by atoms with van der Waals surface area (Å²) in [4.78, 5) is 0. The van der Waals surface area contributed by atoms with E-state index < -0.39 is 0 Å². The molecule has 3 aromatic rings. The normalized spacial score (nSPS) is 11.6. The number of likely N-dealkylation sites (N-methyl/N-ethyl adjacent to an activating group) is 1. The molecule has 0 spiro atoms. The average molecular weight is 215 g/mol. The Hall–Kier alpha value is -1.74. The van der Waals surface area contributed by atoms with Crippen molar-refractivity contribution in [1.82, 2.24) is 5.32 Å². The largest absolute Gasteiger partial charge is 0.464 e. The Morgan fingerprint density at radius 3 is 2.94 bits per heavy atom. The van der Waals surface area contributed by atoms with E-state index in [0.29, 0.717) is 0 Å². The van der Waals surface area contributed by atoms with Crippen LogP contribution in [0.15, 0.2) is 39.6 Å². The van der Waals surface area contributed by atoms with E-state index in [1.807, 2.05) is 25.2 Å². The molecule has 1 N–H and O–H groups in total. The zero-order valence-electron chi connectivity index (χ0n) is 9.12. The molecule has 0 aliphatic carbocycles. The maximum Gasteiger partial charge on any atom is 0.137 e. The van der Waals surface area contributed by atoms with Crippen molar-refractivity contribution < 1.29 is 8.83 Å². The second kappa shape index (κ2) is 3.68. The maximum atomic E-state index is 5.55. The van der Waals surface area contributed by atoms with Gasteiger partial charge in [0.2, 0.25) is 0 Å². The van der Waals surface area contributed by atoms with Gasteiger partial charge in [-0.1, -0.05) is 0 Å². The predicted molar refractivity (Wildman–Crippen MR) is 63.6 cm³/mol. The summed E-state index contributed by atoms with van der Waals surface area (Å²) in [6, 6.07) is 6.00. The molecule has 16 heavy (non-hydrogen) atoms. The van der Waals surface area contributed by atoms with Gasteiger partial charge < -0.3 is 14.2 Å². The Morgan fingerprint density at radius 1 is 1.19 bits per heavy atom. The van der Waals surface area contributed by atoms with Crippen molar-refractivity contribution in [2.75, 3.05) is 13.6 Å². The number of fused-ring (bicyclic) bond motifs is 2. The van der Waals surface area contributed by atoms with Crippen LogP contribution >= 0.6 is 0 Å². The Morgan fingerprint density at radius 2 is 2.06 bits per heavy atom. The van der Waals surface area contributed by atoms with Crippen LogP contribution in [-0.4, -0.2) is 13.6 Å². The molecule has 3 nitrogen and oxygen atoms in total. The van der Waals surface area contributed by atoms with E-state index >= 15 is 0 Å². The Labute approximate surface area is 93.0 Å². The van der Waals surface area contributed by atoms with Gasteiger partial charge in [0.1, 0.15) is 11.2 Å². The van der Waals surface area contributed by atoms with Gasteiger partial charge in [-0.25, -0.2) is 0 Å². The third kappa shape index (κ3) is 1.32. The molecule has 0 amide bonds. The first-order valence-electron chi connectivity index (χ1n) is 5.41. The van der Waals surface area contributed by atoms with Gasteiger partial charge in [-0.2, -0.15) is 0 Å². The zero-order chi connectivity index (χ0) is 11.0. The predicted octanol–water partition coefficient (Wildman–Crippen LogP) is 2.94. The number of furan rings is 2. The molecular weight excluding hydrogens is 202 g/mol. The first kappa shape index (κ1) is 9.48. The van der Waals surface area contributed by atoms with Gasteiger partial charge in [-0.05, 0) is 38.2 Å². The molecule has 2 heterocycles. The smallest absolute Gasteiger partial charge is 0.137 e. The van der Waals surface area contributed by atoms with Gasteiger partial charge in [-0.15, -0.1) is 0 Å². The molecule has 0 aliphatic heterocycles. The van der Waals surface area contributed by atoms with Gasteiger partial charge in [0, 0.05) is 16.3 Å². The fraction of sp³-hybridized carbons (Fsp3) is 0.231. The number of rotatable bonds is 3. The highest BCUT2D eigenvalue weighted by Gasteiger charge is 2.11. The third-order valence-electron chi connectivity index (χ3n) is 2.90. The lowest BCUT2D eigenvalue weighted by molar-refractivity contribution is 0.607. The van der Waals surface area contributed by atoms with Crippen molar-refractivity contribution in [3.63, 3.8) is 0 Å². The third-order valence-corrected chi connectivity index (χ3v) is 2.90. The molecule has 1 aromatic carbocycles. The lowest BCUT2D eigenvalue weighted by Crippen LogP contribution is -2.10. The van der Waals surface area contributed by atoms with Crippen LogP contribution in [0.2, 0.25) is 0 Å². The van der Waals surface area contributed by atoms with Crippen LogP contribution in [0.4, 0.5) is 0 Å². The molecule has 0 bridgehead atoms. The number of nitrogens with one attached hydrogen (secondary N) is 1. The summed E-state index contributed by atoms with van der Waals surface area (Å²) in [6.07, 6.45) is 4.40. The molecule has 0 atom stereocenters. The van der Waals surface area contributed by atoms with Crippen molar-refractivity contribution in [2.45, 2.75) is 6.42 Å². The molecule has 3 rings (SSSR count). The van der Waals surface area contributed by atoms with Gasteiger partial charge in [0.15, 0.2) is 0 Å². The first-order valence-corrected chi connectivity index (χ1v) is 5.41. The molecule has 2 aromatic heterocycles. The van der Waals surface area contributed by atoms with Crippen molar-refractivity contribution in [3.8, 4) is 0 Å². The molecule has 0 saturated carbocycles. The first-order chi connectivity index (χ1) is 7.90. The molecule has 82 valence electrons. The molecule has 0 saturated heterocycles. The minimum Gasteiger partial charge on any atom is -0.464 e. The van der Waals surface area contributed by atoms with E-state index in [-0.39, 0.29) is 0 Å². The van der Waals surface area contributed by atoms with Crippen molar-refractivity contribution in [3.05, 3.63) is 36.3 Å². The van der Waals surface area contributed by atoms with E-state index in [0.717, 1.165) is 34.9 Å². The number of hydrogen-bond donors (Lipinski definition) is 1. The quantitative estimate of drug-likeness (QED) is 0.730. The highest BCUT2D eigenvalue weighted by atomic mass is 16.3. The summed E-state index contributed by atoms with van der Waals surface area (Å²) in [6.45, 7) is 0.931. The van der Waals surface area contributed by atoms with Crippen molar-refractivity contribution >= 4 is 21.9 Å². The van der Waals surface area contributed by atoms with Gasteiger partial charge in [0.25, 0.3) is 0 Å². The lowest BCUT2D eigenvalue weighted by Gasteiger charge is -2.03. The number of benzene rings is 1. The van der Waals surface area contributed by atoms with E-state index in [1.165, 1.54) is 5.56 Å². The molecule has 0 radical (unpaired) electrons. The SMILES string of the molecule is CNCCc1c2ccoc2cc2ccoc12. The maximum absolute atomic E-state index is 5.55. The van der Waals surface area contributed by atoms with Crippen LogP contribution in [0.5, 0.6) is 0 Å². The zero-order valence-corrected chi connectivity index (χ0v) is 9.12. The van der Waals surface area contributed by atoms with Gasteiger partial charge in [0.05, 0.1) is 12.5 Å². The minimum atomic E-state index is 0.931. The van der Waals surface area contributed by atoms with Crippen LogP contribution in [0.25, 0.3) is 21.9 Å². The lowest BCUT2D eigenvalue weighted by atomic mass is 10.0. The van der Waals surface area contributed by atoms with E-state index in [2.05, 4.69) is 5.32 Å². The van der Waals surface area contributed by atoms with Crippen molar-refractivity contribution in [2.24, 2.45) is 0 Å². The summed E-state index contributed by atoms with van der Waals surface area (Å²) in [5.41, 5.74) is 3.13. The van der Waals surface area contributed by atoms with Crippen LogP contribution in [0, 0.1) is 0 Å². The second-order valence-electron chi connectivity index (χ2n) is 3.88. The highest BCUT2D eigenvalue weighted by molar-refractivity contribution is 5.97. The Balaban J connectivity index is 2.29. The molecule has 0 unspecified atom stereocenters. The topological polar surface area (TPSA) is 38.3 Å². The van der Waals surface area contributed by atoms with E-state index in [1.54, 1.807) is 12.5 Å². The monoisotopic (exact) mass is 215 g/mol. The number of hydrogen-bond acceptors (Lipinski definition) is 3. The molecule has 3 heteroatoms. The minimum absolute atomic E-state index is 0.931. The average Bonchev–Trinajstić information content (AvgIpc) is 2.91. The Bertz CT molecular complexity index is 572. The standard InChI is InChI=1S/C13H13NO2/c1-14-5-2-11-10-4-7-15-12(10)8-9-3-6-16-13(9)11/h3-4,6-8,14H,2,5H2,1H3. The summed E-state index contributed by atoms with van der Waals surface area (Å²) in [5, 5.41) is 5.41. The van der Waals surface area contributed by atoms with Crippen LogP contribution in [0.3, 0.4) is 0 Å². The van der Waals surface area contributed by atoms with Crippen LogP contribution in [0.1, 0.15) is 5.56 Å². The summed E-state index contributed by atoms with van der Waals surface area (Å²) >= 11 is 0. The van der Waals surface area contributed by atoms with Crippen molar-refractivity contribution in [1.29, 1.82) is 0 Å². The summed E-state index contributed by atoms with van der Waals surface area (Å²) in [5.74, 6) is 0. The molecule has 0 aliphatic rings.